The van der Waals surface area contributed by atoms with E-state index in [1.807, 2.05) is 13.0 Å². The molecule has 0 amide bonds. The molecule has 1 aromatic rings. The van der Waals surface area contributed by atoms with E-state index in [1.54, 1.807) is 16.4 Å². The van der Waals surface area contributed by atoms with Crippen LogP contribution in [0, 0.1) is 12.8 Å². The molecule has 1 saturated heterocycles. The second-order valence-electron chi connectivity index (χ2n) is 6.68. The predicted molar refractivity (Wildman–Crippen MR) is 97.5 cm³/mol. The fraction of sp³-hybridized carbons (Fsp3) is 0.647. The number of rotatable bonds is 6. The van der Waals surface area contributed by atoms with E-state index >= 15 is 0 Å². The molecule has 24 heavy (non-hydrogen) atoms. The van der Waals surface area contributed by atoms with E-state index in [9.17, 15) is 8.42 Å². The van der Waals surface area contributed by atoms with Crippen molar-refractivity contribution in [2.24, 2.45) is 5.92 Å². The molecule has 5 nitrogen and oxygen atoms in total. The van der Waals surface area contributed by atoms with E-state index in [4.69, 9.17) is 4.74 Å². The maximum atomic E-state index is 12.9. The molecular weight excluding hydrogens is 348 g/mol. The quantitative estimate of drug-likeness (QED) is 0.831. The Morgan fingerprint density at radius 3 is 2.46 bits per heavy atom. The second-order valence-corrected chi connectivity index (χ2v) is 8.59. The molecule has 1 aliphatic heterocycles. The summed E-state index contributed by atoms with van der Waals surface area (Å²) in [5.74, 6) is 1.28. The Balaban J connectivity index is 0.00000208. The zero-order valence-corrected chi connectivity index (χ0v) is 16.0. The van der Waals surface area contributed by atoms with Crippen molar-refractivity contribution in [1.29, 1.82) is 0 Å². The Hall–Kier alpha value is -0.820. The highest BCUT2D eigenvalue weighted by molar-refractivity contribution is 7.89. The van der Waals surface area contributed by atoms with Gasteiger partial charge >= 0.3 is 0 Å². The highest BCUT2D eigenvalue weighted by atomic mass is 35.5. The molecule has 0 bridgehead atoms. The number of nitrogens with zero attached hydrogens (tertiary/aromatic N) is 1. The molecule has 0 radical (unpaired) electrons. The molecule has 0 unspecified atom stereocenters. The summed E-state index contributed by atoms with van der Waals surface area (Å²) in [5, 5.41) is 3.58. The summed E-state index contributed by atoms with van der Waals surface area (Å²) in [5.41, 5.74) is 0.922. The lowest BCUT2D eigenvalue weighted by Gasteiger charge is -2.32. The van der Waals surface area contributed by atoms with Gasteiger partial charge in [-0.3, -0.25) is 0 Å². The van der Waals surface area contributed by atoms with Crippen molar-refractivity contribution in [3.63, 3.8) is 0 Å². The number of hydrogen-bond donors (Lipinski definition) is 1. The normalized spacial score (nSPS) is 19.8. The van der Waals surface area contributed by atoms with Gasteiger partial charge in [0.15, 0.2) is 0 Å². The number of sulfonamides is 1. The molecule has 2 fully saturated rings. The van der Waals surface area contributed by atoms with Crippen molar-refractivity contribution < 1.29 is 13.2 Å². The van der Waals surface area contributed by atoms with Crippen LogP contribution in [0.25, 0.3) is 0 Å². The largest absolute Gasteiger partial charge is 0.495 e. The zero-order chi connectivity index (χ0) is 16.4. The number of halogens is 1. The van der Waals surface area contributed by atoms with Crippen molar-refractivity contribution in [3.8, 4) is 5.75 Å². The number of nitrogens with one attached hydrogen (secondary N) is 1. The molecule has 1 heterocycles. The Labute approximate surface area is 151 Å². The van der Waals surface area contributed by atoms with Gasteiger partial charge in [0.05, 0.1) is 7.11 Å². The van der Waals surface area contributed by atoms with Crippen LogP contribution in [0.1, 0.15) is 31.2 Å². The lowest BCUT2D eigenvalue weighted by Crippen LogP contribution is -2.45. The number of aryl methyl sites for hydroxylation is 1. The molecule has 0 atom stereocenters. The average Bonchev–Trinajstić information content (AvgIpc) is 3.37. The van der Waals surface area contributed by atoms with Gasteiger partial charge in [0, 0.05) is 19.1 Å². The number of piperidine rings is 1. The van der Waals surface area contributed by atoms with Crippen LogP contribution < -0.4 is 10.1 Å². The Morgan fingerprint density at radius 2 is 1.88 bits per heavy atom. The van der Waals surface area contributed by atoms with Gasteiger partial charge in [-0.1, -0.05) is 6.07 Å². The highest BCUT2D eigenvalue weighted by Crippen LogP contribution is 2.30. The van der Waals surface area contributed by atoms with Gasteiger partial charge < -0.3 is 10.1 Å². The van der Waals surface area contributed by atoms with E-state index in [1.165, 1.54) is 20.0 Å². The Morgan fingerprint density at radius 1 is 1.21 bits per heavy atom. The smallest absolute Gasteiger partial charge is 0.246 e. The molecule has 2 aliphatic rings. The first-order chi connectivity index (χ1) is 11.0. The summed E-state index contributed by atoms with van der Waals surface area (Å²) in [7, 11) is -1.98. The summed E-state index contributed by atoms with van der Waals surface area (Å²) in [6, 6.07) is 5.74. The third kappa shape index (κ3) is 4.42. The summed E-state index contributed by atoms with van der Waals surface area (Å²) >= 11 is 0. The number of ether oxygens (including phenoxy) is 1. The predicted octanol–water partition coefficient (Wildman–Crippen LogP) is 2.58. The minimum absolute atomic E-state index is 0. The lowest BCUT2D eigenvalue weighted by atomic mass is 10.1. The summed E-state index contributed by atoms with van der Waals surface area (Å²) in [4.78, 5) is 0.282. The molecule has 136 valence electrons. The van der Waals surface area contributed by atoms with E-state index in [-0.39, 0.29) is 17.3 Å². The van der Waals surface area contributed by atoms with Gasteiger partial charge in [0.25, 0.3) is 0 Å². The van der Waals surface area contributed by atoms with Crippen LogP contribution in [0.3, 0.4) is 0 Å². The van der Waals surface area contributed by atoms with Crippen molar-refractivity contribution in [2.75, 3.05) is 26.7 Å². The van der Waals surface area contributed by atoms with Crippen molar-refractivity contribution in [1.82, 2.24) is 9.62 Å². The standard InChI is InChI=1S/C17H26N2O3S.ClH/c1-13-3-6-16(22-2)17(11-13)23(20,21)19-9-7-15(8-10-19)18-12-14-4-5-14;/h3,6,11,14-15,18H,4-5,7-10,12H2,1-2H3;1H. The first kappa shape index (κ1) is 19.5. The van der Waals surface area contributed by atoms with E-state index < -0.39 is 10.0 Å². The van der Waals surface area contributed by atoms with Gasteiger partial charge in [-0.15, -0.1) is 12.4 Å². The third-order valence-corrected chi connectivity index (χ3v) is 6.70. The third-order valence-electron chi connectivity index (χ3n) is 4.78. The zero-order valence-electron chi connectivity index (χ0n) is 14.3. The molecule has 0 aromatic heterocycles. The molecule has 3 rings (SSSR count). The van der Waals surface area contributed by atoms with E-state index in [0.29, 0.717) is 24.9 Å². The molecule has 7 heteroatoms. The first-order valence-corrected chi connectivity index (χ1v) is 9.83. The van der Waals surface area contributed by atoms with Crippen LogP contribution in [-0.2, 0) is 10.0 Å². The molecular formula is C17H27ClN2O3S. The summed E-state index contributed by atoms with van der Waals surface area (Å²) in [6.07, 6.45) is 4.43. The SMILES string of the molecule is COc1ccc(C)cc1S(=O)(=O)N1CCC(NCC2CC2)CC1.Cl. The molecule has 1 aliphatic carbocycles. The van der Waals surface area contributed by atoms with Crippen LogP contribution in [0.4, 0.5) is 0 Å². The van der Waals surface area contributed by atoms with Gasteiger partial charge in [-0.25, -0.2) is 8.42 Å². The van der Waals surface area contributed by atoms with Gasteiger partial charge in [0.1, 0.15) is 10.6 Å². The van der Waals surface area contributed by atoms with Crippen LogP contribution in [0.5, 0.6) is 5.75 Å². The number of benzene rings is 1. The average molecular weight is 375 g/mol. The first-order valence-electron chi connectivity index (χ1n) is 8.39. The summed E-state index contributed by atoms with van der Waals surface area (Å²) < 4.78 is 32.7. The minimum atomic E-state index is -3.49. The summed E-state index contributed by atoms with van der Waals surface area (Å²) in [6.45, 7) is 4.12. The van der Waals surface area contributed by atoms with Crippen molar-refractivity contribution in [2.45, 2.75) is 43.5 Å². The van der Waals surface area contributed by atoms with Crippen LogP contribution >= 0.6 is 12.4 Å². The van der Waals surface area contributed by atoms with E-state index in [0.717, 1.165) is 30.9 Å². The molecule has 1 saturated carbocycles. The fourth-order valence-electron chi connectivity index (χ4n) is 3.08. The molecule has 1 N–H and O–H groups in total. The Bertz CT molecular complexity index is 654. The van der Waals surface area contributed by atoms with Crippen LogP contribution in [0.15, 0.2) is 23.1 Å². The topological polar surface area (TPSA) is 58.6 Å². The minimum Gasteiger partial charge on any atom is -0.495 e. The van der Waals surface area contributed by atoms with Gasteiger partial charge in [-0.2, -0.15) is 4.31 Å². The van der Waals surface area contributed by atoms with Crippen LogP contribution in [-0.4, -0.2) is 45.5 Å². The van der Waals surface area contributed by atoms with Gasteiger partial charge in [0.2, 0.25) is 10.0 Å². The maximum absolute atomic E-state index is 12.9. The fourth-order valence-corrected chi connectivity index (χ4v) is 4.79. The van der Waals surface area contributed by atoms with Crippen LogP contribution in [0.2, 0.25) is 0 Å². The van der Waals surface area contributed by atoms with Gasteiger partial charge in [-0.05, 0) is 62.8 Å². The number of hydrogen-bond acceptors (Lipinski definition) is 4. The maximum Gasteiger partial charge on any atom is 0.246 e. The van der Waals surface area contributed by atoms with Crippen molar-refractivity contribution in [3.05, 3.63) is 23.8 Å². The van der Waals surface area contributed by atoms with E-state index in [2.05, 4.69) is 5.32 Å². The lowest BCUT2D eigenvalue weighted by molar-refractivity contribution is 0.287. The Kier molecular flexibility index (Phi) is 6.53. The van der Waals surface area contributed by atoms with Crippen molar-refractivity contribution >= 4 is 22.4 Å². The molecule has 1 aromatic carbocycles. The monoisotopic (exact) mass is 374 g/mol. The number of methoxy groups -OCH3 is 1. The molecule has 0 spiro atoms. The second kappa shape index (κ2) is 8.04. The highest BCUT2D eigenvalue weighted by Gasteiger charge is 2.32.